The molecule has 2 aromatic rings. The lowest BCUT2D eigenvalue weighted by atomic mass is 10.2. The van der Waals surface area contributed by atoms with Gasteiger partial charge in [0.25, 0.3) is 5.91 Å². The summed E-state index contributed by atoms with van der Waals surface area (Å²) >= 11 is 0. The molecule has 0 heterocycles. The molecule has 0 saturated carbocycles. The van der Waals surface area contributed by atoms with Gasteiger partial charge in [-0.1, -0.05) is 0 Å². The standard InChI is InChI=1S/C17H14F3NO4/c1-10(15(22)21-13-6-4-12(18)5-7-13)24-16(23)11-2-8-14(9-3-11)25-17(19)20/h2-10,17H,1H3,(H,21,22)/t10-/m0/s1. The number of carbonyl (C=O) groups excluding carboxylic acids is 2. The first kappa shape index (κ1) is 18.3. The molecule has 0 aliphatic heterocycles. The normalized spacial score (nSPS) is 11.7. The van der Waals surface area contributed by atoms with Crippen molar-refractivity contribution in [3.63, 3.8) is 0 Å². The van der Waals surface area contributed by atoms with Gasteiger partial charge in [-0.2, -0.15) is 8.78 Å². The Morgan fingerprint density at radius 1 is 1.00 bits per heavy atom. The van der Waals surface area contributed by atoms with Gasteiger partial charge in [-0.25, -0.2) is 9.18 Å². The first-order valence-electron chi connectivity index (χ1n) is 7.17. The first-order valence-corrected chi connectivity index (χ1v) is 7.17. The van der Waals surface area contributed by atoms with Gasteiger partial charge in [0.15, 0.2) is 6.10 Å². The van der Waals surface area contributed by atoms with E-state index in [1.54, 1.807) is 0 Å². The number of anilines is 1. The van der Waals surface area contributed by atoms with Crippen LogP contribution in [0.4, 0.5) is 18.9 Å². The SMILES string of the molecule is C[C@H](OC(=O)c1ccc(OC(F)F)cc1)C(=O)Nc1ccc(F)cc1. The average molecular weight is 353 g/mol. The van der Waals surface area contributed by atoms with E-state index in [-0.39, 0.29) is 11.3 Å². The summed E-state index contributed by atoms with van der Waals surface area (Å²) in [7, 11) is 0. The maximum Gasteiger partial charge on any atom is 0.387 e. The number of carbonyl (C=O) groups is 2. The van der Waals surface area contributed by atoms with Crippen LogP contribution in [0.15, 0.2) is 48.5 Å². The molecule has 0 radical (unpaired) electrons. The topological polar surface area (TPSA) is 64.6 Å². The van der Waals surface area contributed by atoms with Crippen molar-refractivity contribution in [3.8, 4) is 5.75 Å². The van der Waals surface area contributed by atoms with E-state index in [1.807, 2.05) is 0 Å². The Morgan fingerprint density at radius 3 is 2.16 bits per heavy atom. The summed E-state index contributed by atoms with van der Waals surface area (Å²) in [5.41, 5.74) is 0.422. The Balaban J connectivity index is 1.92. The van der Waals surface area contributed by atoms with Crippen LogP contribution in [-0.4, -0.2) is 24.6 Å². The monoisotopic (exact) mass is 353 g/mol. The second-order valence-electron chi connectivity index (χ2n) is 4.95. The average Bonchev–Trinajstić information content (AvgIpc) is 2.57. The van der Waals surface area contributed by atoms with Crippen LogP contribution in [0.5, 0.6) is 5.75 Å². The molecule has 0 bridgehead atoms. The van der Waals surface area contributed by atoms with Crippen molar-refractivity contribution in [1.82, 2.24) is 0 Å². The van der Waals surface area contributed by atoms with Crippen molar-refractivity contribution >= 4 is 17.6 Å². The Kier molecular flexibility index (Phi) is 5.99. The van der Waals surface area contributed by atoms with E-state index >= 15 is 0 Å². The molecule has 0 aromatic heterocycles. The largest absolute Gasteiger partial charge is 0.449 e. The summed E-state index contributed by atoms with van der Waals surface area (Å²) in [6, 6.07) is 9.94. The number of amides is 1. The number of hydrogen-bond donors (Lipinski definition) is 1. The van der Waals surface area contributed by atoms with Crippen LogP contribution in [0.3, 0.4) is 0 Å². The van der Waals surface area contributed by atoms with Gasteiger partial charge in [0.2, 0.25) is 0 Å². The lowest BCUT2D eigenvalue weighted by Gasteiger charge is -2.14. The molecule has 0 unspecified atom stereocenters. The van der Waals surface area contributed by atoms with E-state index in [2.05, 4.69) is 10.1 Å². The lowest BCUT2D eigenvalue weighted by molar-refractivity contribution is -0.123. The number of halogens is 3. The van der Waals surface area contributed by atoms with E-state index in [0.717, 1.165) is 0 Å². The van der Waals surface area contributed by atoms with Gasteiger partial charge in [0, 0.05) is 5.69 Å². The van der Waals surface area contributed by atoms with E-state index < -0.39 is 30.4 Å². The summed E-state index contributed by atoms with van der Waals surface area (Å²) in [6.45, 7) is -1.60. The minimum absolute atomic E-state index is 0.0723. The molecule has 0 aliphatic rings. The van der Waals surface area contributed by atoms with Gasteiger partial charge < -0.3 is 14.8 Å². The molecule has 1 amide bonds. The number of hydrogen-bond acceptors (Lipinski definition) is 4. The first-order chi connectivity index (χ1) is 11.8. The van der Waals surface area contributed by atoms with Gasteiger partial charge in [-0.15, -0.1) is 0 Å². The molecule has 2 rings (SSSR count). The van der Waals surface area contributed by atoms with Crippen molar-refractivity contribution in [3.05, 3.63) is 59.9 Å². The number of rotatable bonds is 6. The van der Waals surface area contributed by atoms with Gasteiger partial charge in [-0.05, 0) is 55.5 Å². The molecule has 1 atom stereocenters. The van der Waals surface area contributed by atoms with Gasteiger partial charge in [0.1, 0.15) is 11.6 Å². The van der Waals surface area contributed by atoms with Gasteiger partial charge in [-0.3, -0.25) is 4.79 Å². The third kappa shape index (κ3) is 5.52. The van der Waals surface area contributed by atoms with E-state index in [1.165, 1.54) is 55.5 Å². The molecule has 0 aliphatic carbocycles. The van der Waals surface area contributed by atoms with E-state index in [0.29, 0.717) is 5.69 Å². The zero-order valence-electron chi connectivity index (χ0n) is 13.0. The second-order valence-corrected chi connectivity index (χ2v) is 4.95. The smallest absolute Gasteiger partial charge is 0.387 e. The third-order valence-corrected chi connectivity index (χ3v) is 3.08. The minimum atomic E-state index is -2.96. The molecule has 0 spiro atoms. The minimum Gasteiger partial charge on any atom is -0.449 e. The van der Waals surface area contributed by atoms with Crippen molar-refractivity contribution in [2.75, 3.05) is 5.32 Å². The fraction of sp³-hybridized carbons (Fsp3) is 0.176. The predicted molar refractivity (Wildman–Crippen MR) is 83.0 cm³/mol. The van der Waals surface area contributed by atoms with Crippen LogP contribution in [-0.2, 0) is 9.53 Å². The summed E-state index contributed by atoms with van der Waals surface area (Å²) in [5.74, 6) is -1.95. The van der Waals surface area contributed by atoms with Crippen molar-refractivity contribution in [2.24, 2.45) is 0 Å². The van der Waals surface area contributed by atoms with Crippen LogP contribution in [0.2, 0.25) is 0 Å². The summed E-state index contributed by atoms with van der Waals surface area (Å²) in [4.78, 5) is 23.9. The molecule has 8 heteroatoms. The molecule has 132 valence electrons. The quantitative estimate of drug-likeness (QED) is 0.806. The van der Waals surface area contributed by atoms with Crippen molar-refractivity contribution in [2.45, 2.75) is 19.6 Å². The fourth-order valence-electron chi connectivity index (χ4n) is 1.83. The Labute approximate surface area is 141 Å². The highest BCUT2D eigenvalue weighted by Crippen LogP contribution is 2.16. The highest BCUT2D eigenvalue weighted by Gasteiger charge is 2.19. The maximum atomic E-state index is 12.8. The molecule has 0 fully saturated rings. The summed E-state index contributed by atoms with van der Waals surface area (Å²) in [6.07, 6.45) is -1.12. The second kappa shape index (κ2) is 8.18. The molecule has 5 nitrogen and oxygen atoms in total. The molecule has 1 N–H and O–H groups in total. The number of alkyl halides is 2. The number of benzene rings is 2. The lowest BCUT2D eigenvalue weighted by Crippen LogP contribution is -2.30. The highest BCUT2D eigenvalue weighted by molar-refractivity contribution is 5.97. The third-order valence-electron chi connectivity index (χ3n) is 3.08. The van der Waals surface area contributed by atoms with Gasteiger partial charge in [0.05, 0.1) is 5.56 Å². The Bertz CT molecular complexity index is 733. The fourth-order valence-corrected chi connectivity index (χ4v) is 1.83. The molecule has 0 saturated heterocycles. The number of esters is 1. The molecular formula is C17H14F3NO4. The highest BCUT2D eigenvalue weighted by atomic mass is 19.3. The van der Waals surface area contributed by atoms with Crippen LogP contribution < -0.4 is 10.1 Å². The van der Waals surface area contributed by atoms with E-state index in [9.17, 15) is 22.8 Å². The zero-order chi connectivity index (χ0) is 18.4. The molecule has 2 aromatic carbocycles. The summed E-state index contributed by atoms with van der Waals surface area (Å²) in [5, 5.41) is 2.47. The Hall–Kier alpha value is -3.03. The van der Waals surface area contributed by atoms with Gasteiger partial charge >= 0.3 is 12.6 Å². The van der Waals surface area contributed by atoms with Crippen LogP contribution in [0.25, 0.3) is 0 Å². The van der Waals surface area contributed by atoms with Crippen LogP contribution >= 0.6 is 0 Å². The molecule has 25 heavy (non-hydrogen) atoms. The summed E-state index contributed by atoms with van der Waals surface area (Å²) < 4.78 is 46.1. The van der Waals surface area contributed by atoms with Crippen LogP contribution in [0.1, 0.15) is 17.3 Å². The number of nitrogens with one attached hydrogen (secondary N) is 1. The predicted octanol–water partition coefficient (Wildman–Crippen LogP) is 3.61. The zero-order valence-corrected chi connectivity index (χ0v) is 13.0. The maximum absolute atomic E-state index is 12.8. The van der Waals surface area contributed by atoms with E-state index in [4.69, 9.17) is 4.74 Å². The van der Waals surface area contributed by atoms with Crippen molar-refractivity contribution < 1.29 is 32.2 Å². The van der Waals surface area contributed by atoms with Crippen LogP contribution in [0, 0.1) is 5.82 Å². The number of ether oxygens (including phenoxy) is 2. The Morgan fingerprint density at radius 2 is 1.60 bits per heavy atom. The molecular weight excluding hydrogens is 339 g/mol. The van der Waals surface area contributed by atoms with Crippen molar-refractivity contribution in [1.29, 1.82) is 0 Å².